The minimum absolute atomic E-state index is 0.188. The summed E-state index contributed by atoms with van der Waals surface area (Å²) in [5.74, 6) is 0. The molecule has 68 valence electrons. The molecular weight excluding hydrogens is 216 g/mol. The third kappa shape index (κ3) is 1.89. The first-order valence-corrected chi connectivity index (χ1v) is 5.31. The van der Waals surface area contributed by atoms with Crippen molar-refractivity contribution in [3.05, 3.63) is 18.0 Å². The fraction of sp³-hybridized carbons (Fsp3) is 0.667. The van der Waals surface area contributed by atoms with Gasteiger partial charge in [-0.25, -0.2) is 0 Å². The van der Waals surface area contributed by atoms with Crippen molar-refractivity contribution in [3.8, 4) is 0 Å². The number of rotatable bonds is 3. The molecule has 1 rings (SSSR count). The number of aryl methyl sites for hydroxylation is 1. The molecule has 0 atom stereocenters. The Morgan fingerprint density at radius 2 is 2.25 bits per heavy atom. The first-order valence-electron chi connectivity index (χ1n) is 4.19. The third-order valence-corrected chi connectivity index (χ3v) is 3.47. The summed E-state index contributed by atoms with van der Waals surface area (Å²) in [5, 5.41) is 5.21. The molecule has 0 aliphatic rings. The van der Waals surface area contributed by atoms with Crippen molar-refractivity contribution in [3.63, 3.8) is 0 Å². The summed E-state index contributed by atoms with van der Waals surface area (Å²) in [5.41, 5.74) is 1.48. The van der Waals surface area contributed by atoms with Crippen molar-refractivity contribution in [1.29, 1.82) is 0 Å². The van der Waals surface area contributed by atoms with Gasteiger partial charge in [-0.05, 0) is 12.5 Å². The summed E-state index contributed by atoms with van der Waals surface area (Å²) in [6.45, 7) is 7.45. The van der Waals surface area contributed by atoms with Crippen LogP contribution in [0.3, 0.4) is 0 Å². The molecule has 1 heterocycles. The zero-order valence-electron chi connectivity index (χ0n) is 7.84. The van der Waals surface area contributed by atoms with Crippen LogP contribution in [0.5, 0.6) is 0 Å². The average molecular weight is 231 g/mol. The minimum Gasteiger partial charge on any atom is -0.273 e. The lowest BCUT2D eigenvalue weighted by Crippen LogP contribution is -2.17. The molecule has 1 aromatic heterocycles. The van der Waals surface area contributed by atoms with Gasteiger partial charge >= 0.3 is 0 Å². The summed E-state index contributed by atoms with van der Waals surface area (Å²) in [7, 11) is 0. The van der Waals surface area contributed by atoms with Gasteiger partial charge in [0.25, 0.3) is 0 Å². The van der Waals surface area contributed by atoms with E-state index < -0.39 is 0 Å². The molecule has 0 unspecified atom stereocenters. The van der Waals surface area contributed by atoms with Crippen LogP contribution in [-0.4, -0.2) is 15.1 Å². The van der Waals surface area contributed by atoms with E-state index >= 15 is 0 Å². The number of hydrogen-bond donors (Lipinski definition) is 0. The number of hydrogen-bond acceptors (Lipinski definition) is 1. The summed E-state index contributed by atoms with van der Waals surface area (Å²) >= 11 is 3.50. The fourth-order valence-electron chi connectivity index (χ4n) is 0.963. The van der Waals surface area contributed by atoms with Gasteiger partial charge in [0.15, 0.2) is 0 Å². The van der Waals surface area contributed by atoms with Gasteiger partial charge in [0.2, 0.25) is 0 Å². The third-order valence-electron chi connectivity index (χ3n) is 2.07. The summed E-state index contributed by atoms with van der Waals surface area (Å²) in [4.78, 5) is 0. The van der Waals surface area contributed by atoms with Crippen LogP contribution in [-0.2, 0) is 12.0 Å². The molecule has 0 radical (unpaired) electrons. The van der Waals surface area contributed by atoms with Gasteiger partial charge in [0.1, 0.15) is 0 Å². The zero-order chi connectivity index (χ0) is 9.19. The summed E-state index contributed by atoms with van der Waals surface area (Å²) < 4.78 is 1.96. The lowest BCUT2D eigenvalue weighted by atomic mass is 9.90. The van der Waals surface area contributed by atoms with Crippen LogP contribution < -0.4 is 0 Å². The first-order chi connectivity index (χ1) is 5.60. The summed E-state index contributed by atoms with van der Waals surface area (Å²) in [6.07, 6.45) is 4.06. The Balaban J connectivity index is 2.88. The predicted molar refractivity (Wildman–Crippen MR) is 54.7 cm³/mol. The van der Waals surface area contributed by atoms with E-state index in [4.69, 9.17) is 0 Å². The maximum Gasteiger partial charge on any atom is 0.0527 e. The maximum atomic E-state index is 4.24. The van der Waals surface area contributed by atoms with E-state index in [1.54, 1.807) is 0 Å². The van der Waals surface area contributed by atoms with Crippen molar-refractivity contribution in [2.45, 2.75) is 32.7 Å². The van der Waals surface area contributed by atoms with E-state index in [0.29, 0.717) is 0 Å². The second-order valence-corrected chi connectivity index (χ2v) is 4.16. The number of halogens is 1. The van der Waals surface area contributed by atoms with E-state index in [2.05, 4.69) is 48.0 Å². The summed E-state index contributed by atoms with van der Waals surface area (Å²) in [6, 6.07) is 0. The van der Waals surface area contributed by atoms with Crippen LogP contribution in [0.2, 0.25) is 0 Å². The van der Waals surface area contributed by atoms with Gasteiger partial charge in [-0.2, -0.15) is 5.10 Å². The first kappa shape index (κ1) is 9.78. The van der Waals surface area contributed by atoms with Gasteiger partial charge < -0.3 is 0 Å². The second kappa shape index (κ2) is 3.60. The van der Waals surface area contributed by atoms with Crippen LogP contribution in [0.1, 0.15) is 26.3 Å². The number of aromatic nitrogens is 2. The molecule has 0 aliphatic carbocycles. The highest BCUT2D eigenvalue weighted by molar-refractivity contribution is 9.09. The Kier molecular flexibility index (Phi) is 2.94. The maximum absolute atomic E-state index is 4.24. The van der Waals surface area contributed by atoms with Crippen molar-refractivity contribution < 1.29 is 0 Å². The molecule has 0 amide bonds. The zero-order valence-corrected chi connectivity index (χ0v) is 9.43. The molecule has 0 aromatic carbocycles. The van der Waals surface area contributed by atoms with Gasteiger partial charge in [-0.15, -0.1) is 0 Å². The predicted octanol–water partition coefficient (Wildman–Crippen LogP) is 2.58. The van der Waals surface area contributed by atoms with Crippen molar-refractivity contribution in [1.82, 2.24) is 9.78 Å². The molecule has 0 spiro atoms. The van der Waals surface area contributed by atoms with E-state index in [1.165, 1.54) is 5.56 Å². The van der Waals surface area contributed by atoms with E-state index in [0.717, 1.165) is 11.9 Å². The number of alkyl halides is 1. The Labute approximate surface area is 82.1 Å². The van der Waals surface area contributed by atoms with Gasteiger partial charge in [0.05, 0.1) is 6.20 Å². The molecule has 12 heavy (non-hydrogen) atoms. The highest BCUT2D eigenvalue weighted by Crippen LogP contribution is 2.24. The minimum atomic E-state index is 0.188. The van der Waals surface area contributed by atoms with Gasteiger partial charge in [-0.3, -0.25) is 4.68 Å². The molecule has 0 saturated heterocycles. The van der Waals surface area contributed by atoms with Crippen LogP contribution >= 0.6 is 15.9 Å². The Hall–Kier alpha value is -0.310. The van der Waals surface area contributed by atoms with E-state index in [9.17, 15) is 0 Å². The van der Waals surface area contributed by atoms with Gasteiger partial charge in [-0.1, -0.05) is 29.8 Å². The molecule has 3 heteroatoms. The van der Waals surface area contributed by atoms with Crippen molar-refractivity contribution >= 4 is 15.9 Å². The van der Waals surface area contributed by atoms with Crippen molar-refractivity contribution in [2.24, 2.45) is 0 Å². The van der Waals surface area contributed by atoms with Gasteiger partial charge in [0, 0.05) is 23.5 Å². The standard InChI is InChI=1S/C9H15BrN2/c1-4-12-6-8(5-11-12)9(2,3)7-10/h5-6H,4,7H2,1-3H3. The SMILES string of the molecule is CCn1cc(C(C)(C)CBr)cn1. The second-order valence-electron chi connectivity index (χ2n) is 3.60. The molecule has 0 N–H and O–H groups in total. The topological polar surface area (TPSA) is 17.8 Å². The van der Waals surface area contributed by atoms with Crippen LogP contribution in [0.15, 0.2) is 12.4 Å². The van der Waals surface area contributed by atoms with E-state index in [1.807, 2.05) is 10.9 Å². The van der Waals surface area contributed by atoms with E-state index in [-0.39, 0.29) is 5.41 Å². The highest BCUT2D eigenvalue weighted by atomic mass is 79.9. The lowest BCUT2D eigenvalue weighted by Gasteiger charge is -2.18. The largest absolute Gasteiger partial charge is 0.273 e. The molecular formula is C9H15BrN2. The quantitative estimate of drug-likeness (QED) is 0.731. The molecule has 0 aliphatic heterocycles. The highest BCUT2D eigenvalue weighted by Gasteiger charge is 2.20. The molecule has 0 fully saturated rings. The van der Waals surface area contributed by atoms with Crippen LogP contribution in [0.25, 0.3) is 0 Å². The normalized spacial score (nSPS) is 12.0. The lowest BCUT2D eigenvalue weighted by molar-refractivity contribution is 0.602. The molecule has 1 aromatic rings. The Morgan fingerprint density at radius 3 is 2.67 bits per heavy atom. The van der Waals surface area contributed by atoms with Crippen LogP contribution in [0.4, 0.5) is 0 Å². The Bertz CT molecular complexity index is 253. The smallest absolute Gasteiger partial charge is 0.0527 e. The molecule has 0 saturated carbocycles. The monoisotopic (exact) mass is 230 g/mol. The Morgan fingerprint density at radius 1 is 1.58 bits per heavy atom. The van der Waals surface area contributed by atoms with Crippen LogP contribution in [0, 0.1) is 0 Å². The van der Waals surface area contributed by atoms with Crippen molar-refractivity contribution in [2.75, 3.05) is 5.33 Å². The fourth-order valence-corrected chi connectivity index (χ4v) is 1.29. The molecule has 2 nitrogen and oxygen atoms in total. The molecule has 0 bridgehead atoms. The number of nitrogens with zero attached hydrogens (tertiary/aromatic N) is 2. The average Bonchev–Trinajstić information content (AvgIpc) is 2.52.